The Hall–Kier alpha value is -2.34. The highest BCUT2D eigenvalue weighted by Gasteiger charge is 2.18. The number of aromatic nitrogens is 2. The average Bonchev–Trinajstić information content (AvgIpc) is 2.61. The van der Waals surface area contributed by atoms with E-state index in [1.807, 2.05) is 6.07 Å². The predicted molar refractivity (Wildman–Crippen MR) is 93.2 cm³/mol. The topological polar surface area (TPSA) is 55.5 Å². The molecule has 0 atom stereocenters. The minimum absolute atomic E-state index is 0.156. The third kappa shape index (κ3) is 4.10. The van der Waals surface area contributed by atoms with Crippen molar-refractivity contribution in [3.8, 4) is 0 Å². The molecule has 0 amide bonds. The van der Waals surface area contributed by atoms with Crippen molar-refractivity contribution in [3.63, 3.8) is 0 Å². The van der Waals surface area contributed by atoms with Gasteiger partial charge in [-0.15, -0.1) is 0 Å². The second-order valence-electron chi connectivity index (χ2n) is 5.87. The van der Waals surface area contributed by atoms with E-state index in [1.54, 1.807) is 6.07 Å². The van der Waals surface area contributed by atoms with E-state index in [0.29, 0.717) is 0 Å². The Kier molecular flexibility index (Phi) is 4.92. The normalized spacial score (nSPS) is 15.6. The highest BCUT2D eigenvalue weighted by atomic mass is 16.1. The van der Waals surface area contributed by atoms with Crippen molar-refractivity contribution < 1.29 is 0 Å². The van der Waals surface area contributed by atoms with Crippen LogP contribution in [0.2, 0.25) is 0 Å². The molecule has 1 aliphatic rings. The maximum atomic E-state index is 11.1. The zero-order valence-corrected chi connectivity index (χ0v) is 13.5. The van der Waals surface area contributed by atoms with Gasteiger partial charge < -0.3 is 9.80 Å². The van der Waals surface area contributed by atoms with Crippen molar-refractivity contribution in [2.75, 3.05) is 56.1 Å². The molecular weight excluding hydrogens is 290 g/mol. The molecule has 1 N–H and O–H groups in total. The van der Waals surface area contributed by atoms with E-state index in [2.05, 4.69) is 56.2 Å². The van der Waals surface area contributed by atoms with Gasteiger partial charge in [-0.05, 0) is 18.2 Å². The molecule has 1 saturated heterocycles. The van der Waals surface area contributed by atoms with Crippen LogP contribution in [-0.2, 0) is 0 Å². The van der Waals surface area contributed by atoms with E-state index in [-0.39, 0.29) is 5.56 Å². The Morgan fingerprint density at radius 1 is 1.09 bits per heavy atom. The number of hydrogen-bond donors (Lipinski definition) is 1. The standard InChI is InChI=1S/C17H23N5O/c1-20(15-5-3-2-4-6-15)9-10-21-11-13-22(14-12-21)16-7-8-17(23)19-18-16/h2-8H,9-14H2,1H3,(H,19,23). The fourth-order valence-electron chi connectivity index (χ4n) is 2.82. The average molecular weight is 313 g/mol. The third-order valence-electron chi connectivity index (χ3n) is 4.31. The van der Waals surface area contributed by atoms with Crippen LogP contribution in [0.15, 0.2) is 47.3 Å². The van der Waals surface area contributed by atoms with Gasteiger partial charge in [0.25, 0.3) is 5.56 Å². The van der Waals surface area contributed by atoms with E-state index in [1.165, 1.54) is 11.8 Å². The van der Waals surface area contributed by atoms with Gasteiger partial charge in [-0.2, -0.15) is 5.10 Å². The fourth-order valence-corrected chi connectivity index (χ4v) is 2.82. The summed E-state index contributed by atoms with van der Waals surface area (Å²) in [5, 5.41) is 6.60. The maximum absolute atomic E-state index is 11.1. The molecule has 0 saturated carbocycles. The maximum Gasteiger partial charge on any atom is 0.264 e. The molecule has 6 heteroatoms. The lowest BCUT2D eigenvalue weighted by atomic mass is 10.3. The van der Waals surface area contributed by atoms with Gasteiger partial charge in [0, 0.05) is 58.1 Å². The minimum Gasteiger partial charge on any atom is -0.373 e. The zero-order valence-electron chi connectivity index (χ0n) is 13.5. The minimum atomic E-state index is -0.156. The summed E-state index contributed by atoms with van der Waals surface area (Å²) in [6, 6.07) is 13.8. The van der Waals surface area contributed by atoms with E-state index >= 15 is 0 Å². The lowest BCUT2D eigenvalue weighted by molar-refractivity contribution is 0.263. The summed E-state index contributed by atoms with van der Waals surface area (Å²) in [5.41, 5.74) is 1.10. The Morgan fingerprint density at radius 2 is 1.83 bits per heavy atom. The first-order valence-electron chi connectivity index (χ1n) is 8.01. The van der Waals surface area contributed by atoms with Crippen LogP contribution in [0.1, 0.15) is 0 Å². The predicted octanol–water partition coefficient (Wildman–Crippen LogP) is 1.03. The largest absolute Gasteiger partial charge is 0.373 e. The number of nitrogens with zero attached hydrogens (tertiary/aromatic N) is 4. The summed E-state index contributed by atoms with van der Waals surface area (Å²) in [7, 11) is 2.13. The molecule has 1 aliphatic heterocycles. The van der Waals surface area contributed by atoms with E-state index in [4.69, 9.17) is 0 Å². The summed E-state index contributed by atoms with van der Waals surface area (Å²) in [6.45, 7) is 5.98. The molecule has 0 unspecified atom stereocenters. The summed E-state index contributed by atoms with van der Waals surface area (Å²) >= 11 is 0. The summed E-state index contributed by atoms with van der Waals surface area (Å²) in [6.07, 6.45) is 0. The molecule has 2 aromatic rings. The van der Waals surface area contributed by atoms with Crippen LogP contribution >= 0.6 is 0 Å². The number of likely N-dealkylation sites (N-methyl/N-ethyl adjacent to an activating group) is 1. The number of H-pyrrole nitrogens is 1. The lowest BCUT2D eigenvalue weighted by Gasteiger charge is -2.36. The van der Waals surface area contributed by atoms with E-state index in [0.717, 1.165) is 45.1 Å². The van der Waals surface area contributed by atoms with Crippen LogP contribution in [0.5, 0.6) is 0 Å². The highest BCUT2D eigenvalue weighted by Crippen LogP contribution is 2.13. The van der Waals surface area contributed by atoms with Crippen molar-refractivity contribution in [2.24, 2.45) is 0 Å². The van der Waals surface area contributed by atoms with E-state index in [9.17, 15) is 4.79 Å². The van der Waals surface area contributed by atoms with E-state index < -0.39 is 0 Å². The van der Waals surface area contributed by atoms with Gasteiger partial charge in [-0.3, -0.25) is 9.69 Å². The van der Waals surface area contributed by atoms with Crippen LogP contribution in [0.25, 0.3) is 0 Å². The number of rotatable bonds is 5. The first-order chi connectivity index (χ1) is 11.2. The monoisotopic (exact) mass is 313 g/mol. The number of aromatic amines is 1. The second kappa shape index (κ2) is 7.28. The van der Waals surface area contributed by atoms with Gasteiger partial charge in [0.1, 0.15) is 5.82 Å². The number of para-hydroxylation sites is 1. The summed E-state index contributed by atoms with van der Waals surface area (Å²) in [4.78, 5) is 18.1. The molecule has 3 rings (SSSR count). The molecule has 6 nitrogen and oxygen atoms in total. The fraction of sp³-hybridized carbons (Fsp3) is 0.412. The Balaban J connectivity index is 1.46. The highest BCUT2D eigenvalue weighted by molar-refractivity contribution is 5.45. The third-order valence-corrected chi connectivity index (χ3v) is 4.31. The van der Waals surface area contributed by atoms with Gasteiger partial charge in [-0.1, -0.05) is 18.2 Å². The van der Waals surface area contributed by atoms with Crippen molar-refractivity contribution in [1.29, 1.82) is 0 Å². The van der Waals surface area contributed by atoms with Crippen molar-refractivity contribution in [2.45, 2.75) is 0 Å². The van der Waals surface area contributed by atoms with Crippen LogP contribution in [0, 0.1) is 0 Å². The SMILES string of the molecule is CN(CCN1CCN(c2ccc(=O)[nH]n2)CC1)c1ccccc1. The Bertz CT molecular complexity index is 644. The second-order valence-corrected chi connectivity index (χ2v) is 5.87. The van der Waals surface area contributed by atoms with Crippen molar-refractivity contribution in [3.05, 3.63) is 52.8 Å². The molecule has 122 valence electrons. The Labute approximate surface area is 136 Å². The summed E-state index contributed by atoms with van der Waals surface area (Å²) in [5.74, 6) is 0.852. The molecule has 0 aliphatic carbocycles. The lowest BCUT2D eigenvalue weighted by Crippen LogP contribution is -2.48. The molecule has 0 bridgehead atoms. The number of benzene rings is 1. The van der Waals surface area contributed by atoms with Gasteiger partial charge in [0.2, 0.25) is 0 Å². The van der Waals surface area contributed by atoms with Gasteiger partial charge in [-0.25, -0.2) is 5.10 Å². The van der Waals surface area contributed by atoms with Crippen LogP contribution in [0.4, 0.5) is 11.5 Å². The quantitative estimate of drug-likeness (QED) is 0.893. The molecule has 1 aromatic carbocycles. The number of piperazine rings is 1. The first kappa shape index (κ1) is 15.6. The van der Waals surface area contributed by atoms with Crippen molar-refractivity contribution in [1.82, 2.24) is 15.1 Å². The number of anilines is 2. The molecular formula is C17H23N5O. The molecule has 23 heavy (non-hydrogen) atoms. The molecule has 0 radical (unpaired) electrons. The molecule has 1 fully saturated rings. The first-order valence-corrected chi connectivity index (χ1v) is 8.01. The smallest absolute Gasteiger partial charge is 0.264 e. The number of nitrogens with one attached hydrogen (secondary N) is 1. The zero-order chi connectivity index (χ0) is 16.1. The molecule has 2 heterocycles. The van der Waals surface area contributed by atoms with Gasteiger partial charge in [0.15, 0.2) is 0 Å². The summed E-state index contributed by atoms with van der Waals surface area (Å²) < 4.78 is 0. The number of hydrogen-bond acceptors (Lipinski definition) is 5. The van der Waals surface area contributed by atoms with Gasteiger partial charge in [0.05, 0.1) is 0 Å². The molecule has 0 spiro atoms. The van der Waals surface area contributed by atoms with Gasteiger partial charge >= 0.3 is 0 Å². The molecule has 1 aromatic heterocycles. The Morgan fingerprint density at radius 3 is 2.48 bits per heavy atom. The van der Waals surface area contributed by atoms with Crippen molar-refractivity contribution >= 4 is 11.5 Å². The van der Waals surface area contributed by atoms with Crippen LogP contribution < -0.4 is 15.4 Å². The van der Waals surface area contributed by atoms with Crippen LogP contribution in [0.3, 0.4) is 0 Å². The van der Waals surface area contributed by atoms with Crippen LogP contribution in [-0.4, -0.2) is 61.4 Å².